The van der Waals surface area contributed by atoms with Crippen molar-refractivity contribution in [3.05, 3.63) is 95.6 Å². The second kappa shape index (κ2) is 15.6. The second-order valence-electron chi connectivity index (χ2n) is 10.6. The quantitative estimate of drug-likeness (QED) is 0.267. The first-order valence-corrected chi connectivity index (χ1v) is 13.8. The van der Waals surface area contributed by atoms with E-state index in [-0.39, 0.29) is 0 Å². The van der Waals surface area contributed by atoms with Gasteiger partial charge in [-0.3, -0.25) is 4.90 Å². The van der Waals surface area contributed by atoms with E-state index < -0.39 is 12.1 Å². The normalized spacial score (nSPS) is 14.6. The molecule has 0 radical (unpaired) electrons. The second-order valence-corrected chi connectivity index (χ2v) is 10.6. The molecule has 0 aliphatic carbocycles. The smallest absolute Gasteiger partial charge is 0.475 e. The van der Waals surface area contributed by atoms with Crippen molar-refractivity contribution in [2.75, 3.05) is 19.6 Å². The van der Waals surface area contributed by atoms with Crippen LogP contribution in [0.3, 0.4) is 0 Å². The van der Waals surface area contributed by atoms with Crippen LogP contribution in [0.2, 0.25) is 0 Å². The number of halogens is 3. The minimum Gasteiger partial charge on any atom is -0.475 e. The van der Waals surface area contributed by atoms with Gasteiger partial charge in [0.1, 0.15) is 0 Å². The zero-order valence-electron chi connectivity index (χ0n) is 23.3. The van der Waals surface area contributed by atoms with Crippen LogP contribution in [0.15, 0.2) is 78.9 Å². The van der Waals surface area contributed by atoms with E-state index in [0.29, 0.717) is 12.0 Å². The first kappa shape index (κ1) is 31.3. The maximum Gasteiger partial charge on any atom is 0.490 e. The molecule has 216 valence electrons. The average molecular weight is 556 g/mol. The van der Waals surface area contributed by atoms with Gasteiger partial charge >= 0.3 is 12.1 Å². The van der Waals surface area contributed by atoms with Crippen LogP contribution in [0.1, 0.15) is 43.4 Å². The maximum atomic E-state index is 10.6. The van der Waals surface area contributed by atoms with E-state index in [1.807, 2.05) is 0 Å². The highest BCUT2D eigenvalue weighted by Gasteiger charge is 2.38. The van der Waals surface area contributed by atoms with Gasteiger partial charge in [-0.25, -0.2) is 4.79 Å². The number of carboxylic acid groups (broad SMARTS) is 1. The van der Waals surface area contributed by atoms with Crippen LogP contribution in [0.25, 0.3) is 11.1 Å². The summed E-state index contributed by atoms with van der Waals surface area (Å²) < 4.78 is 31.7. The van der Waals surface area contributed by atoms with E-state index in [4.69, 9.17) is 9.90 Å². The van der Waals surface area contributed by atoms with E-state index >= 15 is 0 Å². The van der Waals surface area contributed by atoms with Gasteiger partial charge < -0.3 is 15.7 Å². The average Bonchev–Trinajstić information content (AvgIpc) is 2.93. The molecular weight excluding hydrogens is 515 g/mol. The number of piperidine rings is 1. The van der Waals surface area contributed by atoms with Gasteiger partial charge in [-0.2, -0.15) is 13.2 Å². The molecule has 0 spiro atoms. The Hall–Kier alpha value is -3.20. The molecule has 4 rings (SSSR count). The summed E-state index contributed by atoms with van der Waals surface area (Å²) in [5, 5.41) is 14.5. The van der Waals surface area contributed by atoms with Gasteiger partial charge in [0.15, 0.2) is 0 Å². The van der Waals surface area contributed by atoms with Gasteiger partial charge in [0.05, 0.1) is 0 Å². The van der Waals surface area contributed by atoms with Gasteiger partial charge in [0, 0.05) is 25.7 Å². The molecule has 0 bridgehead atoms. The van der Waals surface area contributed by atoms with E-state index in [1.165, 1.54) is 53.7 Å². The zero-order valence-corrected chi connectivity index (χ0v) is 23.3. The zero-order chi connectivity index (χ0) is 29.0. The van der Waals surface area contributed by atoms with Crippen LogP contribution in [-0.2, 0) is 24.4 Å². The number of carboxylic acids is 1. The van der Waals surface area contributed by atoms with Crippen LogP contribution in [0.5, 0.6) is 0 Å². The molecule has 1 fully saturated rings. The molecule has 0 aromatic heterocycles. The third-order valence-corrected chi connectivity index (χ3v) is 6.82. The van der Waals surface area contributed by atoms with Gasteiger partial charge in [-0.05, 0) is 66.2 Å². The Bertz CT molecular complexity index is 1160. The molecule has 0 atom stereocenters. The topological polar surface area (TPSA) is 64.6 Å². The Morgan fingerprint density at radius 1 is 0.900 bits per heavy atom. The molecule has 1 heterocycles. The highest BCUT2D eigenvalue weighted by Crippen LogP contribution is 2.25. The molecule has 1 saturated heterocycles. The van der Waals surface area contributed by atoms with Crippen molar-refractivity contribution < 1.29 is 23.1 Å². The number of hydrogen-bond donors (Lipinski definition) is 3. The van der Waals surface area contributed by atoms with Gasteiger partial charge in [-0.15, -0.1) is 0 Å². The van der Waals surface area contributed by atoms with Crippen LogP contribution < -0.4 is 10.6 Å². The number of rotatable bonds is 10. The summed E-state index contributed by atoms with van der Waals surface area (Å²) in [6.45, 7) is 10.8. The monoisotopic (exact) mass is 555 g/mol. The molecule has 5 nitrogen and oxygen atoms in total. The Kier molecular flexibility index (Phi) is 12.2. The minimum absolute atomic E-state index is 0.597. The van der Waals surface area contributed by atoms with Crippen molar-refractivity contribution in [2.24, 2.45) is 5.92 Å². The first-order valence-electron chi connectivity index (χ1n) is 13.8. The summed E-state index contributed by atoms with van der Waals surface area (Å²) in [6.07, 6.45) is -2.65. The van der Waals surface area contributed by atoms with E-state index in [0.717, 1.165) is 26.2 Å². The van der Waals surface area contributed by atoms with Crippen LogP contribution in [-0.4, -0.2) is 47.8 Å². The maximum absolute atomic E-state index is 10.6. The molecule has 40 heavy (non-hydrogen) atoms. The lowest BCUT2D eigenvalue weighted by molar-refractivity contribution is -0.192. The van der Waals surface area contributed by atoms with E-state index in [1.54, 1.807) is 0 Å². The largest absolute Gasteiger partial charge is 0.490 e. The van der Waals surface area contributed by atoms with Gasteiger partial charge in [0.2, 0.25) is 0 Å². The standard InChI is InChI=1S/C30H39N3.C2HF3O2/c1-24(2)20-31-21-25-12-14-27(15-13-25)30-11-7-6-10-28(30)22-32-29-16-18-33(19-17-29)23-26-8-4-3-5-9-26;3-2(4,5)1(6)7/h3-15,24,29,31-32H,16-23H2,1-2H3;(H,6,7). The number of benzene rings is 3. The van der Waals surface area contributed by atoms with Crippen molar-refractivity contribution >= 4 is 5.97 Å². The molecule has 3 aromatic rings. The summed E-state index contributed by atoms with van der Waals surface area (Å²) in [5.41, 5.74) is 6.79. The fourth-order valence-corrected chi connectivity index (χ4v) is 4.65. The van der Waals surface area contributed by atoms with Gasteiger partial charge in [0.25, 0.3) is 0 Å². The van der Waals surface area contributed by atoms with Crippen molar-refractivity contribution in [1.29, 1.82) is 0 Å². The molecule has 3 aromatic carbocycles. The number of carbonyl (C=O) groups is 1. The molecule has 1 aliphatic heterocycles. The fourth-order valence-electron chi connectivity index (χ4n) is 4.65. The summed E-state index contributed by atoms with van der Waals surface area (Å²) in [6, 6.07) is 29.3. The van der Waals surface area contributed by atoms with Crippen molar-refractivity contribution in [1.82, 2.24) is 15.5 Å². The number of nitrogens with zero attached hydrogens (tertiary/aromatic N) is 1. The lowest BCUT2D eigenvalue weighted by Gasteiger charge is -2.32. The molecule has 0 saturated carbocycles. The predicted molar refractivity (Wildman–Crippen MR) is 154 cm³/mol. The predicted octanol–water partition coefficient (Wildman–Crippen LogP) is 6.49. The van der Waals surface area contributed by atoms with Crippen LogP contribution in [0, 0.1) is 5.92 Å². The van der Waals surface area contributed by atoms with Crippen molar-refractivity contribution in [3.63, 3.8) is 0 Å². The number of aliphatic carboxylic acids is 1. The number of nitrogens with one attached hydrogen (secondary N) is 2. The highest BCUT2D eigenvalue weighted by molar-refractivity contribution is 5.73. The summed E-state index contributed by atoms with van der Waals surface area (Å²) in [4.78, 5) is 11.5. The lowest BCUT2D eigenvalue weighted by atomic mass is 9.97. The fraction of sp³-hybridized carbons (Fsp3) is 0.406. The first-order chi connectivity index (χ1) is 19.1. The number of likely N-dealkylation sites (tertiary alicyclic amines) is 1. The Morgan fingerprint density at radius 2 is 1.50 bits per heavy atom. The molecular formula is C32H40F3N3O2. The molecule has 8 heteroatoms. The van der Waals surface area contributed by atoms with Crippen molar-refractivity contribution in [2.45, 2.75) is 58.5 Å². The SMILES string of the molecule is CC(C)CNCc1ccc(-c2ccccc2CNC2CCN(Cc3ccccc3)CC2)cc1.O=C(O)C(F)(F)F. The Labute approximate surface area is 235 Å². The molecule has 1 aliphatic rings. The van der Waals surface area contributed by atoms with E-state index in [2.05, 4.69) is 108 Å². The Balaban J connectivity index is 0.000000559. The summed E-state index contributed by atoms with van der Waals surface area (Å²) >= 11 is 0. The van der Waals surface area contributed by atoms with Crippen LogP contribution >= 0.6 is 0 Å². The van der Waals surface area contributed by atoms with Crippen LogP contribution in [0.4, 0.5) is 13.2 Å². The Morgan fingerprint density at radius 3 is 2.10 bits per heavy atom. The molecule has 0 unspecified atom stereocenters. The number of hydrogen-bond acceptors (Lipinski definition) is 4. The minimum atomic E-state index is -5.08. The highest BCUT2D eigenvalue weighted by atomic mass is 19.4. The van der Waals surface area contributed by atoms with Crippen molar-refractivity contribution in [3.8, 4) is 11.1 Å². The molecule has 3 N–H and O–H groups in total. The third-order valence-electron chi connectivity index (χ3n) is 6.82. The number of alkyl halides is 3. The molecule has 0 amide bonds. The van der Waals surface area contributed by atoms with E-state index in [9.17, 15) is 13.2 Å². The summed E-state index contributed by atoms with van der Waals surface area (Å²) in [5.74, 6) is -2.08. The van der Waals surface area contributed by atoms with Gasteiger partial charge in [-0.1, -0.05) is 92.7 Å². The lowest BCUT2D eigenvalue weighted by Crippen LogP contribution is -2.41. The summed E-state index contributed by atoms with van der Waals surface area (Å²) in [7, 11) is 0. The third kappa shape index (κ3) is 10.8.